The van der Waals surface area contributed by atoms with Crippen molar-refractivity contribution in [3.63, 3.8) is 0 Å². The first-order chi connectivity index (χ1) is 14.0. The smallest absolute Gasteiger partial charge is 0.241 e. The van der Waals surface area contributed by atoms with Crippen molar-refractivity contribution in [1.29, 1.82) is 0 Å². The summed E-state index contributed by atoms with van der Waals surface area (Å²) in [5, 5.41) is 8.21. The third kappa shape index (κ3) is 5.29. The minimum absolute atomic E-state index is 0.217. The Kier molecular flexibility index (Phi) is 6.77. The molecule has 0 fully saturated rings. The highest BCUT2D eigenvalue weighted by Gasteiger charge is 2.32. The fraction of sp³-hybridized carbons (Fsp3) is 0.286. The number of rotatable bonds is 6. The first-order valence-corrected chi connectivity index (χ1v) is 10.1. The van der Waals surface area contributed by atoms with Gasteiger partial charge < -0.3 is 14.8 Å². The predicted molar refractivity (Wildman–Crippen MR) is 112 cm³/mol. The van der Waals surface area contributed by atoms with Gasteiger partial charge in [0.1, 0.15) is 12.0 Å². The molecule has 3 rings (SSSR count). The molecule has 2 aromatic carbocycles. The van der Waals surface area contributed by atoms with Gasteiger partial charge in [0, 0.05) is 13.8 Å². The molecule has 1 aliphatic heterocycles. The van der Waals surface area contributed by atoms with Crippen LogP contribution in [-0.4, -0.2) is 28.6 Å². The van der Waals surface area contributed by atoms with E-state index in [0.717, 1.165) is 11.1 Å². The van der Waals surface area contributed by atoms with Gasteiger partial charge in [0.15, 0.2) is 16.7 Å². The number of carbonyl (C=O) groups excluding carboxylic acids is 2. The van der Waals surface area contributed by atoms with Crippen molar-refractivity contribution in [3.05, 3.63) is 59.7 Å². The first-order valence-electron chi connectivity index (χ1n) is 9.24. The van der Waals surface area contributed by atoms with Crippen LogP contribution in [0.2, 0.25) is 0 Å². The van der Waals surface area contributed by atoms with Crippen LogP contribution in [-0.2, 0) is 16.2 Å². The van der Waals surface area contributed by atoms with E-state index in [4.69, 9.17) is 9.47 Å². The lowest BCUT2D eigenvalue weighted by molar-refractivity contribution is -0.129. The van der Waals surface area contributed by atoms with E-state index in [0.29, 0.717) is 29.9 Å². The highest BCUT2D eigenvalue weighted by Crippen LogP contribution is 2.41. The van der Waals surface area contributed by atoms with Crippen LogP contribution in [0.3, 0.4) is 0 Å². The van der Waals surface area contributed by atoms with Gasteiger partial charge in [0.05, 0.1) is 6.61 Å². The summed E-state index contributed by atoms with van der Waals surface area (Å²) in [7, 11) is 0. The van der Waals surface area contributed by atoms with E-state index in [-0.39, 0.29) is 11.8 Å². The standard InChI is InChI=1S/C21H23N3O4S/c1-4-27-19-12-17(10-11-18(19)28-13-16-8-6-5-7-9-16)20-24(15(3)26)23-21(29-20)22-14(2)25/h5-12,20H,4,13H2,1-3H3,(H,22,23,25)/t20-/m1/s1. The molecule has 29 heavy (non-hydrogen) atoms. The molecule has 0 aliphatic carbocycles. The number of ether oxygens (including phenoxy) is 2. The molecule has 0 aromatic heterocycles. The molecule has 7 nitrogen and oxygen atoms in total. The van der Waals surface area contributed by atoms with Gasteiger partial charge in [-0.3, -0.25) is 9.59 Å². The Morgan fingerprint density at radius 2 is 1.86 bits per heavy atom. The molecule has 8 heteroatoms. The summed E-state index contributed by atoms with van der Waals surface area (Å²) in [6, 6.07) is 15.4. The lowest BCUT2D eigenvalue weighted by Crippen LogP contribution is -2.25. The number of hydrogen-bond donors (Lipinski definition) is 1. The number of amidine groups is 1. The van der Waals surface area contributed by atoms with E-state index >= 15 is 0 Å². The van der Waals surface area contributed by atoms with Crippen molar-refractivity contribution < 1.29 is 19.1 Å². The van der Waals surface area contributed by atoms with Crippen molar-refractivity contribution in [1.82, 2.24) is 10.3 Å². The second kappa shape index (κ2) is 9.47. The summed E-state index contributed by atoms with van der Waals surface area (Å²) in [5.74, 6) is 0.767. The molecule has 2 amide bonds. The SMILES string of the molecule is CCOc1cc([C@H]2SC(NC(C)=O)=NN2C(C)=O)ccc1OCc1ccccc1. The third-order valence-corrected chi connectivity index (χ3v) is 5.14. The molecule has 1 N–H and O–H groups in total. The van der Waals surface area contributed by atoms with Crippen LogP contribution in [0.15, 0.2) is 53.6 Å². The highest BCUT2D eigenvalue weighted by atomic mass is 32.2. The van der Waals surface area contributed by atoms with Gasteiger partial charge in [-0.2, -0.15) is 0 Å². The van der Waals surface area contributed by atoms with Crippen molar-refractivity contribution in [2.75, 3.05) is 6.61 Å². The number of benzene rings is 2. The maximum Gasteiger partial charge on any atom is 0.241 e. The van der Waals surface area contributed by atoms with Gasteiger partial charge in [0.2, 0.25) is 11.8 Å². The van der Waals surface area contributed by atoms with Crippen LogP contribution >= 0.6 is 11.8 Å². The van der Waals surface area contributed by atoms with Gasteiger partial charge in [-0.1, -0.05) is 48.2 Å². The average Bonchev–Trinajstić information content (AvgIpc) is 3.11. The highest BCUT2D eigenvalue weighted by molar-refractivity contribution is 8.14. The lowest BCUT2D eigenvalue weighted by Gasteiger charge is -2.21. The zero-order valence-electron chi connectivity index (χ0n) is 16.5. The van der Waals surface area contributed by atoms with Crippen molar-refractivity contribution in [3.8, 4) is 11.5 Å². The molecule has 0 unspecified atom stereocenters. The van der Waals surface area contributed by atoms with Crippen molar-refractivity contribution >= 4 is 28.7 Å². The van der Waals surface area contributed by atoms with Gasteiger partial charge in [-0.05, 0) is 30.2 Å². The molecule has 0 saturated carbocycles. The summed E-state index contributed by atoms with van der Waals surface area (Å²) < 4.78 is 11.7. The number of carbonyl (C=O) groups is 2. The Hall–Kier alpha value is -3.00. The van der Waals surface area contributed by atoms with E-state index in [2.05, 4.69) is 10.4 Å². The summed E-state index contributed by atoms with van der Waals surface area (Å²) >= 11 is 1.30. The summed E-state index contributed by atoms with van der Waals surface area (Å²) in [4.78, 5) is 23.4. The van der Waals surface area contributed by atoms with Gasteiger partial charge in [-0.15, -0.1) is 5.10 Å². The first kappa shape index (κ1) is 20.7. The van der Waals surface area contributed by atoms with E-state index in [9.17, 15) is 9.59 Å². The Bertz CT molecular complexity index is 917. The Morgan fingerprint density at radius 3 is 2.52 bits per heavy atom. The Balaban J connectivity index is 1.81. The summed E-state index contributed by atoms with van der Waals surface area (Å²) in [5.41, 5.74) is 1.88. The van der Waals surface area contributed by atoms with Crippen molar-refractivity contribution in [2.24, 2.45) is 5.10 Å². The van der Waals surface area contributed by atoms with Gasteiger partial charge >= 0.3 is 0 Å². The maximum absolute atomic E-state index is 12.0. The fourth-order valence-corrected chi connectivity index (χ4v) is 3.91. The second-order valence-electron chi connectivity index (χ2n) is 6.33. The molecule has 0 radical (unpaired) electrons. The number of amides is 2. The largest absolute Gasteiger partial charge is 0.490 e. The van der Waals surface area contributed by atoms with Crippen LogP contribution in [0.4, 0.5) is 0 Å². The molecular formula is C21H23N3O4S. The third-order valence-electron chi connectivity index (χ3n) is 4.04. The van der Waals surface area contributed by atoms with E-state index in [1.165, 1.54) is 30.6 Å². The monoisotopic (exact) mass is 413 g/mol. The zero-order valence-corrected chi connectivity index (χ0v) is 17.4. The quantitative estimate of drug-likeness (QED) is 0.782. The topological polar surface area (TPSA) is 80.2 Å². The molecule has 1 aliphatic rings. The Morgan fingerprint density at radius 1 is 1.10 bits per heavy atom. The second-order valence-corrected chi connectivity index (χ2v) is 7.40. The van der Waals surface area contributed by atoms with Crippen LogP contribution in [0.1, 0.15) is 37.3 Å². The molecular weight excluding hydrogens is 390 g/mol. The van der Waals surface area contributed by atoms with E-state index in [1.807, 2.05) is 55.5 Å². The van der Waals surface area contributed by atoms with Gasteiger partial charge in [0.25, 0.3) is 0 Å². The van der Waals surface area contributed by atoms with E-state index in [1.54, 1.807) is 0 Å². The average molecular weight is 413 g/mol. The van der Waals surface area contributed by atoms with Gasteiger partial charge in [-0.25, -0.2) is 5.01 Å². The fourth-order valence-electron chi connectivity index (χ4n) is 2.78. The number of nitrogens with zero attached hydrogens (tertiary/aromatic N) is 2. The zero-order chi connectivity index (χ0) is 20.8. The number of hydrogen-bond acceptors (Lipinski definition) is 6. The maximum atomic E-state index is 12.0. The Labute approximate surface area is 174 Å². The molecule has 152 valence electrons. The molecule has 0 bridgehead atoms. The molecule has 2 aromatic rings. The lowest BCUT2D eigenvalue weighted by atomic mass is 10.2. The summed E-state index contributed by atoms with van der Waals surface area (Å²) in [6.07, 6.45) is 0. The predicted octanol–water partition coefficient (Wildman–Crippen LogP) is 3.67. The normalized spacial score (nSPS) is 15.6. The molecule has 1 atom stereocenters. The minimum Gasteiger partial charge on any atom is -0.490 e. The number of hydrazone groups is 1. The number of thioether (sulfide) groups is 1. The van der Waals surface area contributed by atoms with Crippen LogP contribution < -0.4 is 14.8 Å². The summed E-state index contributed by atoms with van der Waals surface area (Å²) in [6.45, 7) is 5.65. The van der Waals surface area contributed by atoms with Crippen LogP contribution in [0, 0.1) is 0 Å². The number of nitrogens with one attached hydrogen (secondary N) is 1. The molecule has 0 saturated heterocycles. The van der Waals surface area contributed by atoms with Crippen LogP contribution in [0.25, 0.3) is 0 Å². The van der Waals surface area contributed by atoms with Crippen molar-refractivity contribution in [2.45, 2.75) is 32.8 Å². The molecule has 1 heterocycles. The molecule has 0 spiro atoms. The minimum atomic E-state index is -0.392. The van der Waals surface area contributed by atoms with Crippen LogP contribution in [0.5, 0.6) is 11.5 Å². The van der Waals surface area contributed by atoms with E-state index < -0.39 is 5.37 Å².